The minimum absolute atomic E-state index is 0.323. The molecule has 1 saturated carbocycles. The van der Waals surface area contributed by atoms with Gasteiger partial charge in [0.2, 0.25) is 0 Å². The second-order valence-corrected chi connectivity index (χ2v) is 10.6. The van der Waals surface area contributed by atoms with Gasteiger partial charge in [-0.2, -0.15) is 0 Å². The highest BCUT2D eigenvalue weighted by Gasteiger charge is 2.44. The van der Waals surface area contributed by atoms with Gasteiger partial charge in [0.25, 0.3) is 0 Å². The van der Waals surface area contributed by atoms with E-state index in [2.05, 4.69) is 0 Å². The maximum Gasteiger partial charge on any atom is 0.118 e. The summed E-state index contributed by atoms with van der Waals surface area (Å²) >= 11 is 0. The van der Waals surface area contributed by atoms with Crippen LogP contribution in [0.1, 0.15) is 35.1 Å². The molecule has 4 aromatic carbocycles. The molecule has 0 bridgehead atoms. The van der Waals surface area contributed by atoms with Crippen LogP contribution < -0.4 is 4.74 Å². The fourth-order valence-corrected chi connectivity index (χ4v) is 5.28. The standard InChI is InChI=1S/C36H40O6/c1-38-31-19-17-30(18-20-31)23-39-33-22-21-32(37)34(40-24-27-11-5-2-6-12-27)36(42-26-29-15-9-4-10-16-29)35(33)41-25-28-13-7-3-8-14-28/h2-20,32-37H,21-26H2,1H3/t32?,33?,34-,35+,36+/m1/s1. The molecule has 0 heterocycles. The second kappa shape index (κ2) is 15.6. The maximum absolute atomic E-state index is 11.4. The van der Waals surface area contributed by atoms with E-state index >= 15 is 0 Å². The lowest BCUT2D eigenvalue weighted by Crippen LogP contribution is -2.50. The lowest BCUT2D eigenvalue weighted by atomic mass is 10.0. The Kier molecular flexibility index (Phi) is 11.2. The highest BCUT2D eigenvalue weighted by atomic mass is 16.6. The van der Waals surface area contributed by atoms with Gasteiger partial charge in [-0.1, -0.05) is 103 Å². The lowest BCUT2D eigenvalue weighted by molar-refractivity contribution is -0.195. The average Bonchev–Trinajstić information content (AvgIpc) is 3.17. The van der Waals surface area contributed by atoms with Crippen LogP contribution in [0.5, 0.6) is 5.75 Å². The average molecular weight is 569 g/mol. The van der Waals surface area contributed by atoms with Crippen molar-refractivity contribution in [2.24, 2.45) is 0 Å². The molecule has 0 aliphatic heterocycles. The van der Waals surface area contributed by atoms with Gasteiger partial charge in [0.05, 0.1) is 45.7 Å². The van der Waals surface area contributed by atoms with E-state index in [1.54, 1.807) is 7.11 Å². The molecule has 6 nitrogen and oxygen atoms in total. The summed E-state index contributed by atoms with van der Waals surface area (Å²) in [5, 5.41) is 11.4. The number of benzene rings is 4. The lowest BCUT2D eigenvalue weighted by Gasteiger charge is -2.36. The van der Waals surface area contributed by atoms with Gasteiger partial charge >= 0.3 is 0 Å². The number of hydrogen-bond acceptors (Lipinski definition) is 6. The van der Waals surface area contributed by atoms with Crippen molar-refractivity contribution in [1.82, 2.24) is 0 Å². The van der Waals surface area contributed by atoms with E-state index in [1.807, 2.05) is 115 Å². The summed E-state index contributed by atoms with van der Waals surface area (Å²) in [4.78, 5) is 0. The minimum atomic E-state index is -0.744. The molecule has 1 fully saturated rings. The minimum Gasteiger partial charge on any atom is -0.497 e. The van der Waals surface area contributed by atoms with Crippen molar-refractivity contribution in [2.75, 3.05) is 7.11 Å². The molecular weight excluding hydrogens is 528 g/mol. The van der Waals surface area contributed by atoms with Crippen molar-refractivity contribution in [3.05, 3.63) is 138 Å². The molecule has 4 aromatic rings. The molecule has 0 aromatic heterocycles. The van der Waals surface area contributed by atoms with Crippen molar-refractivity contribution in [3.63, 3.8) is 0 Å². The van der Waals surface area contributed by atoms with Crippen LogP contribution in [0.15, 0.2) is 115 Å². The number of rotatable bonds is 13. The van der Waals surface area contributed by atoms with Crippen molar-refractivity contribution in [3.8, 4) is 5.75 Å². The highest BCUT2D eigenvalue weighted by molar-refractivity contribution is 5.26. The molecule has 2 unspecified atom stereocenters. The molecule has 220 valence electrons. The SMILES string of the molecule is COc1ccc(COC2CCC(O)[C@@H](OCc3ccccc3)[C@H](OCc3ccccc3)[C@H]2OCc2ccccc2)cc1. The Hall–Kier alpha value is -3.52. The zero-order chi connectivity index (χ0) is 29.0. The molecule has 0 radical (unpaired) electrons. The summed E-state index contributed by atoms with van der Waals surface area (Å²) in [5.74, 6) is 0.799. The first-order chi connectivity index (χ1) is 20.7. The smallest absolute Gasteiger partial charge is 0.118 e. The van der Waals surface area contributed by atoms with E-state index in [0.717, 1.165) is 28.0 Å². The Morgan fingerprint density at radius 1 is 0.500 bits per heavy atom. The monoisotopic (exact) mass is 568 g/mol. The predicted octanol–water partition coefficient (Wildman–Crippen LogP) is 6.49. The fraction of sp³-hybridized carbons (Fsp3) is 0.333. The summed E-state index contributed by atoms with van der Waals surface area (Å²) in [6.45, 7) is 1.51. The van der Waals surface area contributed by atoms with E-state index in [-0.39, 0.29) is 6.10 Å². The van der Waals surface area contributed by atoms with Crippen molar-refractivity contribution >= 4 is 0 Å². The zero-order valence-corrected chi connectivity index (χ0v) is 24.1. The van der Waals surface area contributed by atoms with E-state index in [1.165, 1.54) is 0 Å². The topological polar surface area (TPSA) is 66.4 Å². The Morgan fingerprint density at radius 3 is 1.43 bits per heavy atom. The normalized spacial score (nSPS) is 22.4. The third-order valence-corrected chi connectivity index (χ3v) is 7.62. The molecule has 42 heavy (non-hydrogen) atoms. The molecule has 0 saturated heterocycles. The maximum atomic E-state index is 11.4. The van der Waals surface area contributed by atoms with Gasteiger partial charge < -0.3 is 28.8 Å². The first kappa shape index (κ1) is 30.0. The zero-order valence-electron chi connectivity index (χ0n) is 24.1. The van der Waals surface area contributed by atoms with Gasteiger partial charge in [-0.05, 0) is 47.2 Å². The predicted molar refractivity (Wildman–Crippen MR) is 162 cm³/mol. The van der Waals surface area contributed by atoms with Crippen LogP contribution in [0.2, 0.25) is 0 Å². The van der Waals surface area contributed by atoms with E-state index < -0.39 is 24.4 Å². The Balaban J connectivity index is 1.41. The number of methoxy groups -OCH3 is 1. The molecule has 1 N–H and O–H groups in total. The summed E-state index contributed by atoms with van der Waals surface area (Å²) in [6.07, 6.45) is -1.62. The van der Waals surface area contributed by atoms with Gasteiger partial charge in [0, 0.05) is 0 Å². The van der Waals surface area contributed by atoms with Crippen LogP contribution in [-0.2, 0) is 45.4 Å². The molecule has 0 amide bonds. The summed E-state index contributed by atoms with van der Waals surface area (Å²) < 4.78 is 31.6. The quantitative estimate of drug-likeness (QED) is 0.186. The largest absolute Gasteiger partial charge is 0.497 e. The van der Waals surface area contributed by atoms with Gasteiger partial charge in [-0.3, -0.25) is 0 Å². The van der Waals surface area contributed by atoms with Crippen molar-refractivity contribution in [2.45, 2.75) is 69.8 Å². The molecule has 0 spiro atoms. The fourth-order valence-electron chi connectivity index (χ4n) is 5.28. The first-order valence-electron chi connectivity index (χ1n) is 14.6. The van der Waals surface area contributed by atoms with Gasteiger partial charge in [0.15, 0.2) is 0 Å². The van der Waals surface area contributed by atoms with Crippen LogP contribution in [0.4, 0.5) is 0 Å². The molecule has 6 heteroatoms. The van der Waals surface area contributed by atoms with Crippen molar-refractivity contribution in [1.29, 1.82) is 0 Å². The molecular formula is C36H40O6. The number of ether oxygens (including phenoxy) is 5. The molecule has 5 rings (SSSR count). The summed E-state index contributed by atoms with van der Waals surface area (Å²) in [7, 11) is 1.66. The third-order valence-electron chi connectivity index (χ3n) is 7.62. The second-order valence-electron chi connectivity index (χ2n) is 10.6. The highest BCUT2D eigenvalue weighted by Crippen LogP contribution is 2.31. The summed E-state index contributed by atoms with van der Waals surface area (Å²) in [5.41, 5.74) is 4.15. The Labute approximate surface area is 248 Å². The van der Waals surface area contributed by atoms with Crippen LogP contribution >= 0.6 is 0 Å². The van der Waals surface area contributed by atoms with Crippen LogP contribution in [0, 0.1) is 0 Å². The van der Waals surface area contributed by atoms with E-state index in [0.29, 0.717) is 39.3 Å². The van der Waals surface area contributed by atoms with Gasteiger partial charge in [-0.15, -0.1) is 0 Å². The van der Waals surface area contributed by atoms with Crippen LogP contribution in [-0.4, -0.2) is 42.7 Å². The Morgan fingerprint density at radius 2 is 0.929 bits per heavy atom. The number of aliphatic hydroxyl groups is 1. The third kappa shape index (κ3) is 8.51. The van der Waals surface area contributed by atoms with E-state index in [4.69, 9.17) is 23.7 Å². The van der Waals surface area contributed by atoms with E-state index in [9.17, 15) is 5.11 Å². The molecule has 1 aliphatic rings. The number of aliphatic hydroxyl groups excluding tert-OH is 1. The molecule has 1 aliphatic carbocycles. The van der Waals surface area contributed by atoms with Gasteiger partial charge in [-0.25, -0.2) is 0 Å². The van der Waals surface area contributed by atoms with Gasteiger partial charge in [0.1, 0.15) is 24.1 Å². The molecule has 5 atom stereocenters. The first-order valence-corrected chi connectivity index (χ1v) is 14.6. The Bertz CT molecular complexity index is 1300. The van der Waals surface area contributed by atoms with Crippen LogP contribution in [0.25, 0.3) is 0 Å². The number of hydrogen-bond donors (Lipinski definition) is 1. The van der Waals surface area contributed by atoms with Crippen molar-refractivity contribution < 1.29 is 28.8 Å². The van der Waals surface area contributed by atoms with Crippen LogP contribution in [0.3, 0.4) is 0 Å². The summed E-state index contributed by atoms with van der Waals surface area (Å²) in [6, 6.07) is 38.0.